The van der Waals surface area contributed by atoms with Gasteiger partial charge in [-0.2, -0.15) is 13.2 Å². The van der Waals surface area contributed by atoms with Crippen LogP contribution in [-0.2, 0) is 19.0 Å². The minimum absolute atomic E-state index is 0.0726. The molecule has 0 saturated heterocycles. The molecule has 176 valence electrons. The average molecular weight is 450 g/mol. The predicted octanol–water partition coefficient (Wildman–Crippen LogP) is 6.59. The van der Waals surface area contributed by atoms with Crippen LogP contribution in [-0.4, -0.2) is 31.9 Å². The lowest BCUT2D eigenvalue weighted by molar-refractivity contribution is -0.142. The van der Waals surface area contributed by atoms with Crippen LogP contribution >= 0.6 is 0 Å². The number of hydrogen-bond donors (Lipinski definition) is 0. The number of carbonyl (C=O) groups is 1. The fraction of sp³-hybridized carbons (Fsp3) is 0.600. The topological polar surface area (TPSA) is 38.1 Å². The van der Waals surface area contributed by atoms with E-state index in [1.54, 1.807) is 4.90 Å². The first kappa shape index (κ1) is 24.3. The van der Waals surface area contributed by atoms with Crippen molar-refractivity contribution in [2.24, 2.45) is 0 Å². The summed E-state index contributed by atoms with van der Waals surface area (Å²) in [6.07, 6.45) is 2.29. The summed E-state index contributed by atoms with van der Waals surface area (Å²) in [5.41, 5.74) is -0.0235. The van der Waals surface area contributed by atoms with Crippen LogP contribution in [0.5, 0.6) is 0 Å². The first-order chi connectivity index (χ1) is 15.0. The highest BCUT2D eigenvalue weighted by Gasteiger charge is 2.44. The number of aryl methyl sites for hydroxylation is 2. The van der Waals surface area contributed by atoms with Crippen molar-refractivity contribution in [1.29, 1.82) is 0 Å². The maximum atomic E-state index is 14.4. The molecule has 0 radical (unpaired) electrons. The lowest BCUT2D eigenvalue weighted by Gasteiger charge is -2.43. The molecular weight excluding hydrogens is 415 g/mol. The lowest BCUT2D eigenvalue weighted by Crippen LogP contribution is -2.52. The van der Waals surface area contributed by atoms with Gasteiger partial charge in [0.25, 0.3) is 5.91 Å². The fourth-order valence-corrected chi connectivity index (χ4v) is 4.94. The maximum Gasteiger partial charge on any atom is 0.434 e. The molecule has 0 atom stereocenters. The number of aromatic nitrogens is 2. The number of para-hydroxylation sites is 1. The van der Waals surface area contributed by atoms with E-state index in [0.29, 0.717) is 18.5 Å². The summed E-state index contributed by atoms with van der Waals surface area (Å²) in [6.45, 7) is 9.47. The molecule has 0 spiro atoms. The van der Waals surface area contributed by atoms with Gasteiger partial charge >= 0.3 is 6.18 Å². The molecule has 1 aliphatic rings. The molecule has 1 aromatic heterocycles. The van der Waals surface area contributed by atoms with Gasteiger partial charge in [-0.05, 0) is 57.6 Å². The molecule has 1 aromatic carbocycles. The zero-order valence-corrected chi connectivity index (χ0v) is 19.7. The molecule has 1 fully saturated rings. The smallest absolute Gasteiger partial charge is 0.329 e. The molecule has 1 saturated carbocycles. The van der Waals surface area contributed by atoms with Gasteiger partial charge in [0.15, 0.2) is 11.4 Å². The van der Waals surface area contributed by atoms with Crippen LogP contribution in [0.15, 0.2) is 24.5 Å². The summed E-state index contributed by atoms with van der Waals surface area (Å²) in [4.78, 5) is 19.4. The van der Waals surface area contributed by atoms with E-state index in [1.165, 1.54) is 6.33 Å². The molecule has 0 aliphatic heterocycles. The van der Waals surface area contributed by atoms with Gasteiger partial charge in [-0.25, -0.2) is 4.98 Å². The number of hydrogen-bond acceptors (Lipinski definition) is 2. The largest absolute Gasteiger partial charge is 0.434 e. The normalized spacial score (nSPS) is 15.8. The molecule has 1 heterocycles. The Bertz CT molecular complexity index is 928. The number of nitrogens with zero attached hydrogens (tertiary/aromatic N) is 3. The van der Waals surface area contributed by atoms with Crippen LogP contribution in [0.2, 0.25) is 0 Å². The average Bonchev–Trinajstić information content (AvgIpc) is 3.18. The molecule has 0 N–H and O–H groups in total. The second kappa shape index (κ2) is 9.28. The van der Waals surface area contributed by atoms with E-state index in [2.05, 4.69) is 4.98 Å². The molecule has 7 heteroatoms. The number of imidazole rings is 1. The number of benzene rings is 1. The summed E-state index contributed by atoms with van der Waals surface area (Å²) >= 11 is 0. The summed E-state index contributed by atoms with van der Waals surface area (Å²) in [5, 5.41) is 0. The molecule has 3 rings (SSSR count). The Morgan fingerprint density at radius 3 is 2.09 bits per heavy atom. The van der Waals surface area contributed by atoms with Crippen molar-refractivity contribution >= 4 is 5.91 Å². The molecule has 1 aliphatic carbocycles. The third-order valence-corrected chi connectivity index (χ3v) is 6.33. The van der Waals surface area contributed by atoms with Crippen molar-refractivity contribution in [1.82, 2.24) is 14.5 Å². The van der Waals surface area contributed by atoms with Gasteiger partial charge in [0.05, 0.1) is 5.69 Å². The quantitative estimate of drug-likeness (QED) is 0.516. The number of amides is 1. The van der Waals surface area contributed by atoms with E-state index in [1.807, 2.05) is 52.8 Å². The van der Waals surface area contributed by atoms with E-state index in [-0.39, 0.29) is 6.04 Å². The van der Waals surface area contributed by atoms with Crippen molar-refractivity contribution in [3.8, 4) is 5.69 Å². The van der Waals surface area contributed by atoms with Gasteiger partial charge in [-0.1, -0.05) is 51.3 Å². The minimum Gasteiger partial charge on any atom is -0.329 e. The number of halogens is 3. The summed E-state index contributed by atoms with van der Waals surface area (Å²) in [6, 6.07) is 5.46. The number of alkyl halides is 3. The van der Waals surface area contributed by atoms with Crippen molar-refractivity contribution in [3.63, 3.8) is 0 Å². The highest BCUT2D eigenvalue weighted by molar-refractivity contribution is 5.94. The van der Waals surface area contributed by atoms with E-state index < -0.39 is 29.0 Å². The van der Waals surface area contributed by atoms with Gasteiger partial charge in [0, 0.05) is 11.6 Å². The molecule has 2 aromatic rings. The first-order valence-electron chi connectivity index (χ1n) is 11.6. The Morgan fingerprint density at radius 1 is 1.06 bits per heavy atom. The van der Waals surface area contributed by atoms with E-state index >= 15 is 0 Å². The Labute approximate surface area is 188 Å². The second-order valence-corrected chi connectivity index (χ2v) is 9.58. The van der Waals surface area contributed by atoms with Crippen molar-refractivity contribution in [2.45, 2.75) is 97.3 Å². The Morgan fingerprint density at radius 2 is 1.62 bits per heavy atom. The zero-order valence-electron chi connectivity index (χ0n) is 19.7. The van der Waals surface area contributed by atoms with Gasteiger partial charge in [0.2, 0.25) is 0 Å². The van der Waals surface area contributed by atoms with Gasteiger partial charge in [-0.15, -0.1) is 0 Å². The summed E-state index contributed by atoms with van der Waals surface area (Å²) in [5.74, 6) is -0.637. The van der Waals surface area contributed by atoms with Crippen LogP contribution < -0.4 is 0 Å². The van der Waals surface area contributed by atoms with Gasteiger partial charge in [-0.3, -0.25) is 9.36 Å². The molecule has 1 amide bonds. The number of rotatable bonds is 5. The molecule has 4 nitrogen and oxygen atoms in total. The van der Waals surface area contributed by atoms with Gasteiger partial charge < -0.3 is 4.90 Å². The van der Waals surface area contributed by atoms with Crippen LogP contribution in [0, 0.1) is 0 Å². The van der Waals surface area contributed by atoms with Crippen LogP contribution in [0.1, 0.15) is 94.0 Å². The monoisotopic (exact) mass is 449 g/mol. The van der Waals surface area contributed by atoms with E-state index in [4.69, 9.17) is 0 Å². The van der Waals surface area contributed by atoms with Crippen molar-refractivity contribution < 1.29 is 18.0 Å². The maximum absolute atomic E-state index is 14.4. The molecule has 0 bridgehead atoms. The second-order valence-electron chi connectivity index (χ2n) is 9.58. The molecular formula is C25H34F3N3O. The highest BCUT2D eigenvalue weighted by atomic mass is 19.4. The highest BCUT2D eigenvalue weighted by Crippen LogP contribution is 2.38. The third-order valence-electron chi connectivity index (χ3n) is 6.33. The van der Waals surface area contributed by atoms with Gasteiger partial charge in [0.1, 0.15) is 6.33 Å². The Hall–Kier alpha value is -2.31. The van der Waals surface area contributed by atoms with E-state index in [9.17, 15) is 18.0 Å². The van der Waals surface area contributed by atoms with Crippen molar-refractivity contribution in [3.05, 3.63) is 47.0 Å². The third kappa shape index (κ3) is 4.71. The standard InChI is InChI=1S/C25H34F3N3O/c1-6-17-12-11-13-18(7-2)21(17)30-16-29-20(22(30)25(26,27)28)23(32)31(24(3,4)5)19-14-9-8-10-15-19/h11-13,16,19H,6-10,14-15H2,1-5H3. The molecule has 32 heavy (non-hydrogen) atoms. The molecule has 0 unspecified atom stereocenters. The lowest BCUT2D eigenvalue weighted by atomic mass is 9.90. The first-order valence-corrected chi connectivity index (χ1v) is 11.6. The summed E-state index contributed by atoms with van der Waals surface area (Å²) < 4.78 is 44.4. The zero-order chi connectivity index (χ0) is 23.7. The fourth-order valence-electron chi connectivity index (χ4n) is 4.94. The summed E-state index contributed by atoms with van der Waals surface area (Å²) in [7, 11) is 0. The van der Waals surface area contributed by atoms with Crippen LogP contribution in [0.3, 0.4) is 0 Å². The van der Waals surface area contributed by atoms with E-state index in [0.717, 1.165) is 47.8 Å². The SMILES string of the molecule is CCc1cccc(CC)c1-n1cnc(C(=O)N(C2CCCCC2)C(C)(C)C)c1C(F)(F)F. The van der Waals surface area contributed by atoms with Crippen LogP contribution in [0.4, 0.5) is 13.2 Å². The predicted molar refractivity (Wildman–Crippen MR) is 120 cm³/mol. The van der Waals surface area contributed by atoms with Crippen molar-refractivity contribution in [2.75, 3.05) is 0 Å². The van der Waals surface area contributed by atoms with Crippen LogP contribution in [0.25, 0.3) is 5.69 Å². The number of carbonyl (C=O) groups excluding carboxylic acids is 1. The Balaban J connectivity index is 2.19. The minimum atomic E-state index is -4.72. The Kier molecular flexibility index (Phi) is 7.06.